The Morgan fingerprint density at radius 2 is 1.88 bits per heavy atom. The standard InChI is InChI=1S/C26H22F3N7O3S/c1-14-13-36(11-12-38-14)23-19(32-24(40-23)26(27,28)29)22-34-35-25(39-22)33-20-21(37)30-17-10-6-5-9-16(17)18(31-20)15-7-3-2-4-8-15/h2-10,14,20H,11-13H2,1H3,(H,30,37)(H,33,35)/t14?,20-/m0/s1. The molecule has 0 saturated carbocycles. The average Bonchev–Trinajstić information content (AvgIpc) is 3.56. The third-order valence-corrected chi connectivity index (χ3v) is 7.42. The van der Waals surface area contributed by atoms with E-state index in [0.717, 1.165) is 11.1 Å². The fourth-order valence-electron chi connectivity index (χ4n) is 4.46. The number of aliphatic imine (C=N–C) groups is 1. The topological polar surface area (TPSA) is 118 Å². The molecule has 2 aromatic heterocycles. The number of benzene rings is 2. The van der Waals surface area contributed by atoms with Gasteiger partial charge in [0.25, 0.3) is 11.8 Å². The van der Waals surface area contributed by atoms with Crippen LogP contribution in [0.1, 0.15) is 23.1 Å². The highest BCUT2D eigenvalue weighted by atomic mass is 32.1. The smallest absolute Gasteiger partial charge is 0.402 e. The minimum atomic E-state index is -4.65. The predicted molar refractivity (Wildman–Crippen MR) is 143 cm³/mol. The summed E-state index contributed by atoms with van der Waals surface area (Å²) in [7, 11) is 0. The molecule has 1 unspecified atom stereocenters. The highest BCUT2D eigenvalue weighted by Gasteiger charge is 2.39. The summed E-state index contributed by atoms with van der Waals surface area (Å²) in [5, 5.41) is 12.8. The van der Waals surface area contributed by atoms with Crippen molar-refractivity contribution in [2.24, 2.45) is 4.99 Å². The van der Waals surface area contributed by atoms with Gasteiger partial charge in [0.15, 0.2) is 5.69 Å². The highest BCUT2D eigenvalue weighted by molar-refractivity contribution is 7.16. The Morgan fingerprint density at radius 1 is 1.10 bits per heavy atom. The van der Waals surface area contributed by atoms with Gasteiger partial charge in [-0.3, -0.25) is 4.79 Å². The number of anilines is 3. The molecular formula is C26H22F3N7O3S. The van der Waals surface area contributed by atoms with Crippen molar-refractivity contribution < 1.29 is 27.1 Å². The molecule has 6 rings (SSSR count). The molecule has 206 valence electrons. The zero-order valence-corrected chi connectivity index (χ0v) is 21.8. The molecule has 4 aromatic rings. The van der Waals surface area contributed by atoms with Crippen LogP contribution < -0.4 is 15.5 Å². The Balaban J connectivity index is 1.33. The highest BCUT2D eigenvalue weighted by Crippen LogP contribution is 2.43. The van der Waals surface area contributed by atoms with Crippen LogP contribution in [0.4, 0.5) is 29.9 Å². The lowest BCUT2D eigenvalue weighted by atomic mass is 10.0. The van der Waals surface area contributed by atoms with Gasteiger partial charge in [0.05, 0.1) is 24.1 Å². The number of nitrogens with one attached hydrogen (secondary N) is 2. The molecule has 2 aliphatic rings. The van der Waals surface area contributed by atoms with Gasteiger partial charge in [-0.25, -0.2) is 9.98 Å². The van der Waals surface area contributed by atoms with Crippen LogP contribution in [-0.2, 0) is 15.7 Å². The average molecular weight is 570 g/mol. The summed E-state index contributed by atoms with van der Waals surface area (Å²) in [4.78, 5) is 23.3. The molecule has 2 aliphatic heterocycles. The Labute approximate surface area is 229 Å². The molecule has 1 fully saturated rings. The first-order chi connectivity index (χ1) is 19.3. The largest absolute Gasteiger partial charge is 0.443 e. The first kappa shape index (κ1) is 26.0. The number of carbonyl (C=O) groups excluding carboxylic acids is 1. The second-order valence-electron chi connectivity index (χ2n) is 9.14. The number of para-hydroxylation sites is 1. The molecule has 0 bridgehead atoms. The van der Waals surface area contributed by atoms with E-state index in [2.05, 4.69) is 30.8 Å². The van der Waals surface area contributed by atoms with Crippen molar-refractivity contribution in [2.75, 3.05) is 35.2 Å². The third kappa shape index (κ3) is 5.14. The summed E-state index contributed by atoms with van der Waals surface area (Å²) in [6.07, 6.45) is -5.99. The summed E-state index contributed by atoms with van der Waals surface area (Å²) in [6.45, 7) is 2.96. The summed E-state index contributed by atoms with van der Waals surface area (Å²) in [6, 6.07) is 16.4. The summed E-state index contributed by atoms with van der Waals surface area (Å²) < 4.78 is 52.0. The van der Waals surface area contributed by atoms with E-state index in [0.29, 0.717) is 42.4 Å². The summed E-state index contributed by atoms with van der Waals surface area (Å²) in [5.41, 5.74) is 2.57. The molecule has 0 radical (unpaired) electrons. The number of rotatable bonds is 5. The molecule has 1 amide bonds. The number of benzodiazepines with no additional fused rings is 1. The molecular weight excluding hydrogens is 547 g/mol. The maximum atomic E-state index is 13.6. The van der Waals surface area contributed by atoms with Crippen molar-refractivity contribution in [3.05, 3.63) is 70.7 Å². The molecule has 40 heavy (non-hydrogen) atoms. The normalized spacial score (nSPS) is 19.4. The third-order valence-electron chi connectivity index (χ3n) is 6.26. The zero-order chi connectivity index (χ0) is 27.9. The van der Waals surface area contributed by atoms with E-state index in [1.54, 1.807) is 17.0 Å². The van der Waals surface area contributed by atoms with Crippen LogP contribution >= 0.6 is 11.3 Å². The number of morpholine rings is 1. The number of ether oxygens (including phenoxy) is 1. The van der Waals surface area contributed by atoms with Crippen molar-refractivity contribution in [1.29, 1.82) is 0 Å². The second-order valence-corrected chi connectivity index (χ2v) is 10.1. The van der Waals surface area contributed by atoms with E-state index in [4.69, 9.17) is 9.15 Å². The van der Waals surface area contributed by atoms with Crippen LogP contribution in [-0.4, -0.2) is 58.8 Å². The molecule has 4 heterocycles. The Kier molecular flexibility index (Phi) is 6.72. The van der Waals surface area contributed by atoms with E-state index in [1.807, 2.05) is 49.4 Å². The number of carbonyl (C=O) groups is 1. The molecule has 14 heteroatoms. The van der Waals surface area contributed by atoms with Gasteiger partial charge in [-0.05, 0) is 13.0 Å². The number of halogens is 3. The first-order valence-corrected chi connectivity index (χ1v) is 13.2. The van der Waals surface area contributed by atoms with Gasteiger partial charge in [-0.15, -0.1) is 5.10 Å². The predicted octanol–water partition coefficient (Wildman–Crippen LogP) is 4.66. The van der Waals surface area contributed by atoms with E-state index in [1.165, 1.54) is 0 Å². The van der Waals surface area contributed by atoms with Crippen molar-refractivity contribution >= 4 is 39.7 Å². The maximum absolute atomic E-state index is 13.6. The SMILES string of the molecule is CC1CN(c2sc(C(F)(F)F)nc2-c2nnc(N[C@@H]3N=C(c4ccccc4)c4ccccc4NC3=O)o2)CCO1. The van der Waals surface area contributed by atoms with Crippen LogP contribution in [0.3, 0.4) is 0 Å². The lowest BCUT2D eigenvalue weighted by Gasteiger charge is -2.31. The van der Waals surface area contributed by atoms with Gasteiger partial charge in [-0.2, -0.15) is 13.2 Å². The number of fused-ring (bicyclic) bond motifs is 1. The molecule has 0 spiro atoms. The van der Waals surface area contributed by atoms with Crippen molar-refractivity contribution in [2.45, 2.75) is 25.4 Å². The number of aromatic nitrogens is 3. The minimum absolute atomic E-state index is 0.0850. The quantitative estimate of drug-likeness (QED) is 0.356. The van der Waals surface area contributed by atoms with E-state index in [-0.39, 0.29) is 28.7 Å². The van der Waals surface area contributed by atoms with Crippen molar-refractivity contribution in [3.63, 3.8) is 0 Å². The van der Waals surface area contributed by atoms with Gasteiger partial charge in [0.1, 0.15) is 5.00 Å². The minimum Gasteiger partial charge on any atom is -0.402 e. The maximum Gasteiger partial charge on any atom is 0.443 e. The fourth-order valence-corrected chi connectivity index (χ4v) is 5.43. The lowest BCUT2D eigenvalue weighted by molar-refractivity contribution is -0.137. The van der Waals surface area contributed by atoms with Crippen LogP contribution in [0, 0.1) is 0 Å². The lowest BCUT2D eigenvalue weighted by Crippen LogP contribution is -2.40. The number of nitrogens with zero attached hydrogens (tertiary/aromatic N) is 5. The first-order valence-electron chi connectivity index (χ1n) is 12.3. The van der Waals surface area contributed by atoms with E-state index < -0.39 is 23.3 Å². The van der Waals surface area contributed by atoms with Gasteiger partial charge in [0, 0.05) is 24.2 Å². The fraction of sp³-hybridized carbons (Fsp3) is 0.269. The summed E-state index contributed by atoms with van der Waals surface area (Å²) >= 11 is 0.509. The van der Waals surface area contributed by atoms with Crippen LogP contribution in [0.25, 0.3) is 11.6 Å². The zero-order valence-electron chi connectivity index (χ0n) is 21.0. The molecule has 10 nitrogen and oxygen atoms in total. The monoisotopic (exact) mass is 569 g/mol. The molecule has 2 aromatic carbocycles. The van der Waals surface area contributed by atoms with Gasteiger partial charge < -0.3 is 24.7 Å². The van der Waals surface area contributed by atoms with Gasteiger partial charge in [0.2, 0.25) is 11.2 Å². The van der Waals surface area contributed by atoms with Crippen molar-refractivity contribution in [3.8, 4) is 11.6 Å². The van der Waals surface area contributed by atoms with Crippen LogP contribution in [0.5, 0.6) is 0 Å². The Hall–Kier alpha value is -4.30. The number of hydrogen-bond donors (Lipinski definition) is 2. The Morgan fingerprint density at radius 3 is 2.65 bits per heavy atom. The molecule has 2 atom stereocenters. The van der Waals surface area contributed by atoms with Crippen molar-refractivity contribution in [1.82, 2.24) is 15.2 Å². The van der Waals surface area contributed by atoms with Gasteiger partial charge in [-0.1, -0.05) is 65.0 Å². The van der Waals surface area contributed by atoms with Gasteiger partial charge >= 0.3 is 12.2 Å². The van der Waals surface area contributed by atoms with Crippen LogP contribution in [0.2, 0.25) is 0 Å². The van der Waals surface area contributed by atoms with Crippen LogP contribution in [0.15, 0.2) is 64.0 Å². The number of amides is 1. The number of thiazole rings is 1. The number of alkyl halides is 3. The second kappa shape index (κ2) is 10.4. The molecule has 2 N–H and O–H groups in total. The molecule has 0 aliphatic carbocycles. The summed E-state index contributed by atoms with van der Waals surface area (Å²) in [5.74, 6) is -0.692. The number of hydrogen-bond acceptors (Lipinski definition) is 10. The Bertz CT molecular complexity index is 1570. The molecule has 1 saturated heterocycles. The van der Waals surface area contributed by atoms with E-state index in [9.17, 15) is 18.0 Å². The van der Waals surface area contributed by atoms with E-state index >= 15 is 0 Å².